The van der Waals surface area contributed by atoms with E-state index in [-0.39, 0.29) is 6.04 Å². The third-order valence-corrected chi connectivity index (χ3v) is 3.47. The lowest BCUT2D eigenvalue weighted by Gasteiger charge is -2.23. The van der Waals surface area contributed by atoms with E-state index in [0.717, 1.165) is 48.2 Å². The molecule has 0 aromatic carbocycles. The second-order valence-corrected chi connectivity index (χ2v) is 5.16. The SMILES string of the molecule is Cc1cc(C)nc(N2CCCC2c2cc(C)on2)n1. The van der Waals surface area contributed by atoms with Gasteiger partial charge in [-0.05, 0) is 39.7 Å². The summed E-state index contributed by atoms with van der Waals surface area (Å²) >= 11 is 0. The Morgan fingerprint density at radius 3 is 2.53 bits per heavy atom. The van der Waals surface area contributed by atoms with Crippen LogP contribution in [0.4, 0.5) is 5.95 Å². The summed E-state index contributed by atoms with van der Waals surface area (Å²) in [6.07, 6.45) is 2.20. The van der Waals surface area contributed by atoms with Crippen LogP contribution in [0, 0.1) is 20.8 Å². The van der Waals surface area contributed by atoms with E-state index in [1.165, 1.54) is 0 Å². The Labute approximate surface area is 112 Å². The van der Waals surface area contributed by atoms with Crippen LogP contribution in [0.5, 0.6) is 0 Å². The molecule has 3 heterocycles. The molecule has 5 heteroatoms. The molecule has 100 valence electrons. The molecule has 0 N–H and O–H groups in total. The number of hydrogen-bond acceptors (Lipinski definition) is 5. The second-order valence-electron chi connectivity index (χ2n) is 5.16. The molecule has 1 atom stereocenters. The topological polar surface area (TPSA) is 55.1 Å². The van der Waals surface area contributed by atoms with Gasteiger partial charge in [-0.3, -0.25) is 0 Å². The van der Waals surface area contributed by atoms with Gasteiger partial charge in [0.05, 0.1) is 6.04 Å². The minimum absolute atomic E-state index is 0.235. The van der Waals surface area contributed by atoms with Crippen molar-refractivity contribution < 1.29 is 4.52 Å². The Kier molecular flexibility index (Phi) is 2.97. The first kappa shape index (κ1) is 12.1. The summed E-state index contributed by atoms with van der Waals surface area (Å²) in [4.78, 5) is 11.3. The monoisotopic (exact) mass is 258 g/mol. The van der Waals surface area contributed by atoms with Gasteiger partial charge in [-0.2, -0.15) is 0 Å². The molecule has 0 radical (unpaired) electrons. The predicted octanol–water partition coefficient (Wildman–Crippen LogP) is 2.73. The van der Waals surface area contributed by atoms with Crippen LogP contribution in [0.15, 0.2) is 16.7 Å². The van der Waals surface area contributed by atoms with Gasteiger partial charge in [-0.1, -0.05) is 5.16 Å². The first-order valence-electron chi connectivity index (χ1n) is 6.65. The minimum atomic E-state index is 0.235. The molecule has 1 fully saturated rings. The van der Waals surface area contributed by atoms with Gasteiger partial charge in [-0.25, -0.2) is 9.97 Å². The molecule has 2 aromatic rings. The third-order valence-electron chi connectivity index (χ3n) is 3.47. The quantitative estimate of drug-likeness (QED) is 0.829. The van der Waals surface area contributed by atoms with Gasteiger partial charge in [0.25, 0.3) is 0 Å². The Balaban J connectivity index is 1.94. The van der Waals surface area contributed by atoms with Crippen LogP contribution >= 0.6 is 0 Å². The maximum Gasteiger partial charge on any atom is 0.226 e. The van der Waals surface area contributed by atoms with Crippen molar-refractivity contribution in [2.45, 2.75) is 39.7 Å². The summed E-state index contributed by atoms with van der Waals surface area (Å²) in [6.45, 7) is 6.90. The fourth-order valence-corrected chi connectivity index (χ4v) is 2.69. The zero-order chi connectivity index (χ0) is 13.4. The van der Waals surface area contributed by atoms with Gasteiger partial charge < -0.3 is 9.42 Å². The van der Waals surface area contributed by atoms with E-state index in [1.807, 2.05) is 32.9 Å². The molecule has 1 saturated heterocycles. The number of hydrogen-bond donors (Lipinski definition) is 0. The molecule has 0 saturated carbocycles. The smallest absolute Gasteiger partial charge is 0.226 e. The van der Waals surface area contributed by atoms with Crippen LogP contribution in [0.3, 0.4) is 0 Å². The second kappa shape index (κ2) is 4.64. The lowest BCUT2D eigenvalue weighted by Crippen LogP contribution is -2.25. The van der Waals surface area contributed by atoms with Crippen LogP contribution in [0.25, 0.3) is 0 Å². The summed E-state index contributed by atoms with van der Waals surface area (Å²) in [5.41, 5.74) is 2.99. The van der Waals surface area contributed by atoms with Crippen LogP contribution in [-0.4, -0.2) is 21.7 Å². The molecular formula is C14H18N4O. The molecule has 0 amide bonds. The number of aromatic nitrogens is 3. The van der Waals surface area contributed by atoms with Crippen LogP contribution in [0.2, 0.25) is 0 Å². The highest BCUT2D eigenvalue weighted by Gasteiger charge is 2.30. The molecule has 0 bridgehead atoms. The van der Waals surface area contributed by atoms with Gasteiger partial charge in [0, 0.05) is 24.0 Å². The van der Waals surface area contributed by atoms with E-state index in [1.54, 1.807) is 0 Å². The van der Waals surface area contributed by atoms with Crippen LogP contribution in [-0.2, 0) is 0 Å². The first-order valence-corrected chi connectivity index (χ1v) is 6.65. The Morgan fingerprint density at radius 1 is 1.16 bits per heavy atom. The van der Waals surface area contributed by atoms with Gasteiger partial charge in [-0.15, -0.1) is 0 Å². The average Bonchev–Trinajstić information content (AvgIpc) is 2.95. The van der Waals surface area contributed by atoms with Crippen molar-refractivity contribution >= 4 is 5.95 Å². The van der Waals surface area contributed by atoms with E-state index in [2.05, 4.69) is 20.0 Å². The molecule has 19 heavy (non-hydrogen) atoms. The van der Waals surface area contributed by atoms with E-state index in [4.69, 9.17) is 4.52 Å². The molecule has 0 spiro atoms. The van der Waals surface area contributed by atoms with E-state index >= 15 is 0 Å². The summed E-state index contributed by atoms with van der Waals surface area (Å²) in [5.74, 6) is 1.66. The fourth-order valence-electron chi connectivity index (χ4n) is 2.69. The highest BCUT2D eigenvalue weighted by Crippen LogP contribution is 2.34. The molecule has 1 aliphatic heterocycles. The number of rotatable bonds is 2. The van der Waals surface area contributed by atoms with Gasteiger partial charge >= 0.3 is 0 Å². The first-order chi connectivity index (χ1) is 9.13. The average molecular weight is 258 g/mol. The minimum Gasteiger partial charge on any atom is -0.361 e. The van der Waals surface area contributed by atoms with Crippen LogP contribution < -0.4 is 4.90 Å². The van der Waals surface area contributed by atoms with Crippen molar-refractivity contribution in [2.75, 3.05) is 11.4 Å². The number of aryl methyl sites for hydroxylation is 3. The van der Waals surface area contributed by atoms with Crippen molar-refractivity contribution in [3.05, 3.63) is 35.0 Å². The lowest BCUT2D eigenvalue weighted by atomic mass is 10.1. The van der Waals surface area contributed by atoms with E-state index in [9.17, 15) is 0 Å². The van der Waals surface area contributed by atoms with Crippen molar-refractivity contribution in [1.29, 1.82) is 0 Å². The summed E-state index contributed by atoms with van der Waals surface area (Å²) in [7, 11) is 0. The van der Waals surface area contributed by atoms with Crippen molar-refractivity contribution in [3.63, 3.8) is 0 Å². The molecule has 5 nitrogen and oxygen atoms in total. The van der Waals surface area contributed by atoms with Crippen molar-refractivity contribution in [1.82, 2.24) is 15.1 Å². The lowest BCUT2D eigenvalue weighted by molar-refractivity contribution is 0.385. The molecule has 3 rings (SSSR count). The zero-order valence-electron chi connectivity index (χ0n) is 11.6. The van der Waals surface area contributed by atoms with E-state index < -0.39 is 0 Å². The predicted molar refractivity (Wildman–Crippen MR) is 72.1 cm³/mol. The third kappa shape index (κ3) is 2.32. The Morgan fingerprint density at radius 2 is 1.89 bits per heavy atom. The van der Waals surface area contributed by atoms with Crippen molar-refractivity contribution in [3.8, 4) is 0 Å². The van der Waals surface area contributed by atoms with Gasteiger partial charge in [0.15, 0.2) is 0 Å². The number of anilines is 1. The highest BCUT2D eigenvalue weighted by atomic mass is 16.5. The summed E-state index contributed by atoms with van der Waals surface area (Å²) in [5, 5.41) is 4.15. The fraction of sp³-hybridized carbons (Fsp3) is 0.500. The number of nitrogens with zero attached hydrogens (tertiary/aromatic N) is 4. The largest absolute Gasteiger partial charge is 0.361 e. The zero-order valence-corrected chi connectivity index (χ0v) is 11.6. The van der Waals surface area contributed by atoms with Crippen molar-refractivity contribution in [2.24, 2.45) is 0 Å². The summed E-state index contributed by atoms with van der Waals surface area (Å²) in [6, 6.07) is 4.24. The molecule has 2 aromatic heterocycles. The standard InChI is InChI=1S/C14H18N4O/c1-9-7-10(2)16-14(15-9)18-6-4-5-13(18)12-8-11(3)19-17-12/h7-8,13H,4-6H2,1-3H3. The summed E-state index contributed by atoms with van der Waals surface area (Å²) < 4.78 is 5.19. The normalized spacial score (nSPS) is 19.1. The molecule has 1 unspecified atom stereocenters. The Hall–Kier alpha value is -1.91. The molecule has 0 aliphatic carbocycles. The Bertz CT molecular complexity index is 573. The van der Waals surface area contributed by atoms with Gasteiger partial charge in [0.2, 0.25) is 5.95 Å². The molecule has 1 aliphatic rings. The maximum atomic E-state index is 5.19. The van der Waals surface area contributed by atoms with Crippen LogP contribution in [0.1, 0.15) is 41.7 Å². The van der Waals surface area contributed by atoms with E-state index in [0.29, 0.717) is 0 Å². The van der Waals surface area contributed by atoms with Gasteiger partial charge in [0.1, 0.15) is 11.5 Å². The highest BCUT2D eigenvalue weighted by molar-refractivity contribution is 5.38. The molecular weight excluding hydrogens is 240 g/mol. The maximum absolute atomic E-state index is 5.19.